The number of benzene rings is 2. The molecule has 4 heterocycles. The van der Waals surface area contributed by atoms with Gasteiger partial charge in [-0.3, -0.25) is 87.1 Å². The van der Waals surface area contributed by atoms with E-state index in [0.717, 1.165) is 55.3 Å². The van der Waals surface area contributed by atoms with E-state index >= 15 is 0 Å². The minimum Gasteiger partial charge on any atom is -0.394 e. The van der Waals surface area contributed by atoms with Gasteiger partial charge in [0, 0.05) is 106 Å². The maximum absolute atomic E-state index is 14.9. The van der Waals surface area contributed by atoms with Gasteiger partial charge in [-0.1, -0.05) is 158 Å². The molecular weight excluding hydrogens is 1750 g/mol. The van der Waals surface area contributed by atoms with Crippen molar-refractivity contribution in [2.75, 3.05) is 65.8 Å². The molecule has 135 heavy (non-hydrogen) atoms. The number of unbranched alkanes of at least 4 members (excludes halogenated alkanes) is 13. The molecule has 45 nitrogen and oxygen atoms in total. The zero-order chi connectivity index (χ0) is 98.1. The Morgan fingerprint density at radius 1 is 0.548 bits per heavy atom. The summed E-state index contributed by atoms with van der Waals surface area (Å²) >= 11 is 0. The van der Waals surface area contributed by atoms with Gasteiger partial charge in [0.05, 0.1) is 39.6 Å². The van der Waals surface area contributed by atoms with Crippen molar-refractivity contribution in [3.8, 4) is 0 Å². The summed E-state index contributed by atoms with van der Waals surface area (Å²) in [5, 5.41) is 79.1. The number of ketones is 1. The average molecular weight is 1890 g/mol. The molecule has 1 saturated heterocycles. The molecule has 0 spiro atoms. The van der Waals surface area contributed by atoms with Crippen molar-refractivity contribution in [2.24, 2.45) is 27.9 Å². The van der Waals surface area contributed by atoms with Crippen molar-refractivity contribution >= 4 is 117 Å². The van der Waals surface area contributed by atoms with Crippen molar-refractivity contribution in [1.82, 2.24) is 100 Å². The number of nitrogens with two attached hydrogens (primary N) is 4. The number of aromatic nitrogens is 5. The SMILES string of the molecule is CCCC[C@H](NC(=O)[C@H](CO)NC(=O)[C@H](CC1=CCC=N1)NC(=O)[C@H](CCC(N)=O)NC(=O)[C@H](CO)NC(=O)CNC(=O)COCCOCCNC(=O)CCCCCCCCCCCCCCCc1nnn[nH]1)C(=O)N[C@H]1CCC(=O)CCCCC[C@@H](C(N)=O)NC(=O)[C@H](Cc2c[nH]c3ccccc23)NC(=O)[C@H](CCCNC(=N)N)NC(=O)[C@@H](Cc2ccccc2)NC(=O)[C@H](CN)NC1=O. The number of aliphatic hydroxyl groups excluding tert-OH is 2. The van der Waals surface area contributed by atoms with Crippen LogP contribution in [-0.4, -0.2) is 275 Å². The highest BCUT2D eigenvalue weighted by molar-refractivity contribution is 6.00. The molecule has 45 heteroatoms. The van der Waals surface area contributed by atoms with E-state index in [2.05, 4.69) is 105 Å². The fourth-order valence-electron chi connectivity index (χ4n) is 15.0. The van der Waals surface area contributed by atoms with Crippen molar-refractivity contribution in [1.29, 1.82) is 5.41 Å². The fourth-order valence-corrected chi connectivity index (χ4v) is 15.0. The predicted octanol–water partition coefficient (Wildman–Crippen LogP) is -2.02. The number of H-pyrrole nitrogens is 2. The second-order valence-electron chi connectivity index (χ2n) is 33.5. The van der Waals surface area contributed by atoms with Crippen LogP contribution in [-0.2, 0) is 105 Å². The number of aliphatic hydroxyl groups is 2. The Morgan fingerprint density at radius 2 is 1.14 bits per heavy atom. The summed E-state index contributed by atoms with van der Waals surface area (Å²) in [5.74, 6) is -13.8. The first-order valence-corrected chi connectivity index (χ1v) is 46.7. The maximum atomic E-state index is 14.9. The van der Waals surface area contributed by atoms with E-state index in [-0.39, 0.29) is 128 Å². The highest BCUT2D eigenvalue weighted by atomic mass is 16.5. The number of carbonyl (C=O) groups excluding carboxylic acids is 16. The lowest BCUT2D eigenvalue weighted by atomic mass is 10.00. The minimum atomic E-state index is -1.89. The molecule has 1 fully saturated rings. The summed E-state index contributed by atoms with van der Waals surface area (Å²) in [7, 11) is 0. The lowest BCUT2D eigenvalue weighted by Crippen LogP contribution is -2.62. The number of hydrogen-bond donors (Lipinski definition) is 23. The molecule has 27 N–H and O–H groups in total. The summed E-state index contributed by atoms with van der Waals surface area (Å²) in [4.78, 5) is 230. The van der Waals surface area contributed by atoms with Crippen molar-refractivity contribution in [3.63, 3.8) is 0 Å². The standard InChI is InChI=1S/C90H139N25O20/c1-2-3-32-64(80(124)105-66-39-38-60(118)30-19-16-20-34-63(79(93)123)102-85(129)69(49-58-52-99-62-33-24-23-31-61(58)62)108-81(125)65(35-26-43-98-90(94)95)103-84(128)68(48-57-27-17-15-18-28-57)107-87(131)71(51-91)110-83(66)127)104-89(133)73(55-117)111-86(130)70(50-59-29-25-42-96-59)109-82(126)67(40-41-74(92)119)106-88(132)72(54-116)101-77(121)53-100-78(122)56-135-47-46-134-45-44-97-76(120)37-22-14-12-10-8-6-4-5-7-9-11-13-21-36-75-112-114-115-113-75/h15,17-18,23-24,27-29,31,33,42,52,63-73,99,116-117H,2-14,16,19-22,25-26,30,32,34-41,43-51,53-56,91H2,1H3,(H2,92,119)(H2,93,123)(H,97,120)(H,100,122)(H,101,121)(H,102,129)(H,103,128)(H,104,133)(H,105,124)(H,106,132)(H,107,131)(H,108,125)(H,109,126)(H,110,127)(H,111,130)(H4,94,95,98)(H,112,113,114,115)/t63-,64-,65-,66-,67-,68+,69-,70-,71-,72-,73-/m0/s1. The number of guanidine groups is 1. The van der Waals surface area contributed by atoms with Crippen LogP contribution >= 0.6 is 0 Å². The lowest BCUT2D eigenvalue weighted by Gasteiger charge is -2.28. The summed E-state index contributed by atoms with van der Waals surface area (Å²) < 4.78 is 10.8. The van der Waals surface area contributed by atoms with E-state index in [4.69, 9.17) is 37.8 Å². The number of ether oxygens (including phenoxy) is 2. The van der Waals surface area contributed by atoms with Gasteiger partial charge < -0.3 is 122 Å². The average Bonchev–Trinajstić information content (AvgIpc) is 1.70. The van der Waals surface area contributed by atoms with Gasteiger partial charge >= 0.3 is 0 Å². The number of carbonyl (C=O) groups is 16. The van der Waals surface area contributed by atoms with E-state index in [1.807, 2.05) is 12.1 Å². The number of para-hydroxylation sites is 1. The van der Waals surface area contributed by atoms with Crippen LogP contribution in [0.3, 0.4) is 0 Å². The molecule has 2 aliphatic heterocycles. The van der Waals surface area contributed by atoms with Gasteiger partial charge in [-0.05, 0) is 85.4 Å². The molecule has 744 valence electrons. The van der Waals surface area contributed by atoms with E-state index in [1.165, 1.54) is 57.6 Å². The van der Waals surface area contributed by atoms with Gasteiger partial charge in [0.15, 0.2) is 5.96 Å². The van der Waals surface area contributed by atoms with Gasteiger partial charge in [0.2, 0.25) is 88.6 Å². The Labute approximate surface area is 784 Å². The Morgan fingerprint density at radius 3 is 1.79 bits per heavy atom. The normalized spacial score (nSPS) is 18.3. The number of aryl methyl sites for hydroxylation is 1. The van der Waals surface area contributed by atoms with Crippen molar-refractivity contribution in [3.05, 3.63) is 89.5 Å². The van der Waals surface area contributed by atoms with Crippen LogP contribution in [0.2, 0.25) is 0 Å². The molecule has 6 rings (SSSR count). The summed E-state index contributed by atoms with van der Waals surface area (Å²) in [5.41, 5.74) is 25.2. The predicted molar refractivity (Wildman–Crippen MR) is 496 cm³/mol. The molecule has 15 amide bonds. The van der Waals surface area contributed by atoms with Crippen LogP contribution < -0.4 is 97.4 Å². The topological polar surface area (TPSA) is 711 Å². The first-order valence-electron chi connectivity index (χ1n) is 46.7. The highest BCUT2D eigenvalue weighted by Crippen LogP contribution is 2.22. The van der Waals surface area contributed by atoms with Gasteiger partial charge in [-0.15, -0.1) is 5.10 Å². The molecule has 0 saturated carbocycles. The molecule has 0 radical (unpaired) electrons. The Balaban J connectivity index is 1.05. The minimum absolute atomic E-state index is 0.00124. The molecule has 4 aromatic rings. The Hall–Kier alpha value is -12.8. The number of fused-ring (bicyclic) bond motifs is 1. The van der Waals surface area contributed by atoms with Crippen LogP contribution in [0.1, 0.15) is 216 Å². The zero-order valence-electron chi connectivity index (χ0n) is 77.0. The molecule has 0 aliphatic carbocycles. The third-order valence-corrected chi connectivity index (χ3v) is 22.6. The monoisotopic (exact) mass is 1890 g/mol. The third-order valence-electron chi connectivity index (χ3n) is 22.6. The number of amides is 15. The number of tetrazole rings is 1. The number of allylic oxidation sites excluding steroid dienone is 1. The number of hydrogen-bond acceptors (Lipinski definition) is 26. The summed E-state index contributed by atoms with van der Waals surface area (Å²) in [6, 6.07) is -2.00. The maximum Gasteiger partial charge on any atom is 0.246 e. The summed E-state index contributed by atoms with van der Waals surface area (Å²) in [6.07, 6.45) is 20.0. The number of nitrogens with zero attached hydrogens (tertiary/aromatic N) is 4. The number of primary amides is 2. The van der Waals surface area contributed by atoms with E-state index in [1.54, 1.807) is 61.7 Å². The highest BCUT2D eigenvalue weighted by Gasteiger charge is 2.38. The lowest BCUT2D eigenvalue weighted by molar-refractivity contribution is -0.136. The molecule has 0 unspecified atom stereocenters. The number of aliphatic imine (C=N–C) groups is 1. The van der Waals surface area contributed by atoms with Crippen LogP contribution in [0, 0.1) is 5.41 Å². The number of nitrogens with one attached hydrogen (secondary N) is 17. The number of aromatic amines is 2. The second kappa shape index (κ2) is 63.4. The Bertz CT molecular complexity index is 4520. The van der Waals surface area contributed by atoms with Crippen LogP contribution in [0.5, 0.6) is 0 Å². The van der Waals surface area contributed by atoms with Crippen molar-refractivity contribution < 1.29 is 96.4 Å². The van der Waals surface area contributed by atoms with Crippen LogP contribution in [0.25, 0.3) is 10.9 Å². The molecule has 11 atom stereocenters. The molecule has 2 aliphatic rings. The van der Waals surface area contributed by atoms with Gasteiger partial charge in [0.1, 0.15) is 84.7 Å². The van der Waals surface area contributed by atoms with E-state index in [9.17, 15) is 86.9 Å². The first kappa shape index (κ1) is 111. The van der Waals surface area contributed by atoms with Gasteiger partial charge in [-0.2, -0.15) is 0 Å². The zero-order valence-corrected chi connectivity index (χ0v) is 77.0. The van der Waals surface area contributed by atoms with Gasteiger partial charge in [0.25, 0.3) is 0 Å². The molecule has 2 aromatic carbocycles. The first-order chi connectivity index (χ1) is 65.1. The Kier molecular flexibility index (Phi) is 52.2. The molecule has 2 aromatic heterocycles. The smallest absolute Gasteiger partial charge is 0.246 e. The second-order valence-corrected chi connectivity index (χ2v) is 33.5. The quantitative estimate of drug-likeness (QED) is 0.0129. The fraction of sp³-hybridized carbons (Fsp3) is 0.611. The third kappa shape index (κ3) is 43.9. The van der Waals surface area contributed by atoms with Crippen molar-refractivity contribution in [2.45, 2.75) is 285 Å². The van der Waals surface area contributed by atoms with E-state index < -0.39 is 207 Å². The number of rotatable bonds is 57. The van der Waals surface area contributed by atoms with Gasteiger partial charge in [-0.25, -0.2) is 5.10 Å². The molecule has 0 bridgehead atoms. The van der Waals surface area contributed by atoms with Crippen LogP contribution in [0.4, 0.5) is 0 Å². The largest absolute Gasteiger partial charge is 0.394 e. The summed E-state index contributed by atoms with van der Waals surface area (Å²) in [6.45, 7) is -1.61. The number of Topliss-reactive ketones (excluding diaryl/α,β-unsaturated/α-hetero) is 1. The molecular formula is C90H139N25O20. The van der Waals surface area contributed by atoms with Crippen LogP contribution in [0.15, 0.2) is 77.6 Å². The van der Waals surface area contributed by atoms with E-state index in [0.29, 0.717) is 36.8 Å².